The van der Waals surface area contributed by atoms with Crippen molar-refractivity contribution in [2.24, 2.45) is 11.7 Å². The summed E-state index contributed by atoms with van der Waals surface area (Å²) in [6.45, 7) is 0.900. The van der Waals surface area contributed by atoms with Crippen LogP contribution in [0, 0.1) is 5.92 Å². The van der Waals surface area contributed by atoms with Gasteiger partial charge >= 0.3 is 12.3 Å². The van der Waals surface area contributed by atoms with Crippen LogP contribution < -0.4 is 15.9 Å². The molecule has 1 saturated heterocycles. The van der Waals surface area contributed by atoms with Gasteiger partial charge in [-0.15, -0.1) is 0 Å². The first-order valence-corrected chi connectivity index (χ1v) is 7.24. The summed E-state index contributed by atoms with van der Waals surface area (Å²) in [6.07, 6.45) is -3.72. The lowest BCUT2D eigenvalue weighted by Gasteiger charge is -2.29. The summed E-state index contributed by atoms with van der Waals surface area (Å²) < 4.78 is 47.5. The van der Waals surface area contributed by atoms with Crippen LogP contribution in [-0.4, -0.2) is 42.0 Å². The van der Waals surface area contributed by atoms with E-state index >= 15 is 0 Å². The Balaban J connectivity index is 1.92. The lowest BCUT2D eigenvalue weighted by molar-refractivity contribution is -0.153. The molecule has 1 aliphatic heterocycles. The molecule has 1 aromatic rings. The van der Waals surface area contributed by atoms with E-state index in [1.165, 1.54) is 4.90 Å². The number of carbonyl (C=O) groups is 1. The first kappa shape index (κ1) is 18.1. The molecule has 3 N–H and O–H groups in total. The minimum absolute atomic E-state index is 0.0529. The molecule has 1 aromatic heterocycles. The number of likely N-dealkylation sites (tertiary alicyclic amines) is 1. The number of amides is 1. The van der Waals surface area contributed by atoms with Gasteiger partial charge in [-0.1, -0.05) is 0 Å². The molecule has 1 amide bonds. The molecule has 10 heteroatoms. The third-order valence-corrected chi connectivity index (χ3v) is 3.84. The van der Waals surface area contributed by atoms with Crippen LogP contribution in [0.1, 0.15) is 24.6 Å². The third-order valence-electron chi connectivity index (χ3n) is 3.84. The Hall–Kier alpha value is -2.23. The standard InChI is InChI=1S/C14H17F3N2O5/c15-14(16,17)12(18)10-5-9(20)11(7-24-10)23-6-8-1-3-19(4-2-8)13(21)22/h5,7-8,12H,1-4,6,18H2,(H,21,22). The molecule has 0 spiro atoms. The molecule has 0 aliphatic carbocycles. The van der Waals surface area contributed by atoms with Gasteiger partial charge in [-0.05, 0) is 18.8 Å². The fraction of sp³-hybridized carbons (Fsp3) is 0.571. The van der Waals surface area contributed by atoms with Crippen molar-refractivity contribution < 1.29 is 32.2 Å². The highest BCUT2D eigenvalue weighted by Gasteiger charge is 2.40. The van der Waals surface area contributed by atoms with Crippen molar-refractivity contribution in [1.82, 2.24) is 4.90 Å². The van der Waals surface area contributed by atoms with Gasteiger partial charge in [-0.2, -0.15) is 13.2 Å². The number of ether oxygens (including phenoxy) is 1. The molecule has 24 heavy (non-hydrogen) atoms. The average molecular weight is 350 g/mol. The second kappa shape index (κ2) is 7.12. The molecule has 0 aromatic carbocycles. The normalized spacial score (nSPS) is 17.6. The largest absolute Gasteiger partial charge is 0.486 e. The molecule has 7 nitrogen and oxygen atoms in total. The van der Waals surface area contributed by atoms with Crippen molar-refractivity contribution in [2.45, 2.75) is 25.1 Å². The van der Waals surface area contributed by atoms with E-state index in [2.05, 4.69) is 0 Å². The van der Waals surface area contributed by atoms with Gasteiger partial charge in [0.1, 0.15) is 12.0 Å². The highest BCUT2D eigenvalue weighted by molar-refractivity contribution is 5.64. The number of hydrogen-bond donors (Lipinski definition) is 2. The zero-order valence-electron chi connectivity index (χ0n) is 12.6. The number of halogens is 3. The molecule has 1 fully saturated rings. The van der Waals surface area contributed by atoms with Gasteiger partial charge in [0.05, 0.1) is 6.61 Å². The highest BCUT2D eigenvalue weighted by Crippen LogP contribution is 2.30. The number of nitrogens with two attached hydrogens (primary N) is 1. The Bertz CT molecular complexity index is 638. The predicted molar refractivity (Wildman–Crippen MR) is 75.8 cm³/mol. The lowest BCUT2D eigenvalue weighted by atomic mass is 9.98. The van der Waals surface area contributed by atoms with Gasteiger partial charge in [0.2, 0.25) is 11.2 Å². The molecule has 134 valence electrons. The van der Waals surface area contributed by atoms with Crippen molar-refractivity contribution in [3.05, 3.63) is 28.3 Å². The molecule has 1 aliphatic rings. The fourth-order valence-electron chi connectivity index (χ4n) is 2.34. The third kappa shape index (κ3) is 4.40. The molecule has 0 saturated carbocycles. The summed E-state index contributed by atoms with van der Waals surface area (Å²) >= 11 is 0. The Morgan fingerprint density at radius 1 is 1.46 bits per heavy atom. The number of carboxylic acid groups (broad SMARTS) is 1. The van der Waals surface area contributed by atoms with Crippen LogP contribution in [0.15, 0.2) is 21.5 Å². The van der Waals surface area contributed by atoms with Crippen LogP contribution in [0.5, 0.6) is 5.75 Å². The van der Waals surface area contributed by atoms with E-state index in [9.17, 15) is 22.8 Å². The number of alkyl halides is 3. The van der Waals surface area contributed by atoms with Gasteiger partial charge in [0.15, 0.2) is 6.04 Å². The maximum Gasteiger partial charge on any atom is 0.410 e. The Kier molecular flexibility index (Phi) is 5.37. The number of piperidine rings is 1. The van der Waals surface area contributed by atoms with E-state index in [1.807, 2.05) is 0 Å². The molecule has 0 radical (unpaired) electrons. The van der Waals surface area contributed by atoms with E-state index < -0.39 is 29.5 Å². The highest BCUT2D eigenvalue weighted by atomic mass is 19.4. The summed E-state index contributed by atoms with van der Waals surface area (Å²) in [5, 5.41) is 8.85. The zero-order valence-corrected chi connectivity index (χ0v) is 12.6. The maximum absolute atomic E-state index is 12.5. The summed E-state index contributed by atoms with van der Waals surface area (Å²) in [4.78, 5) is 23.9. The second-order valence-electron chi connectivity index (χ2n) is 5.55. The predicted octanol–water partition coefficient (Wildman–Crippen LogP) is 1.97. The summed E-state index contributed by atoms with van der Waals surface area (Å²) in [5.74, 6) is -0.833. The van der Waals surface area contributed by atoms with E-state index in [-0.39, 0.29) is 18.3 Å². The Labute approximate surface area is 134 Å². The van der Waals surface area contributed by atoms with Gasteiger partial charge in [-0.3, -0.25) is 4.79 Å². The van der Waals surface area contributed by atoms with Gasteiger partial charge in [0, 0.05) is 19.2 Å². The molecule has 0 bridgehead atoms. The number of nitrogens with zero attached hydrogens (tertiary/aromatic N) is 1. The van der Waals surface area contributed by atoms with Gasteiger partial charge < -0.3 is 24.9 Å². The zero-order chi connectivity index (χ0) is 17.9. The van der Waals surface area contributed by atoms with Crippen molar-refractivity contribution in [2.75, 3.05) is 19.7 Å². The van der Waals surface area contributed by atoms with Crippen LogP contribution in [0.25, 0.3) is 0 Å². The van der Waals surface area contributed by atoms with Crippen molar-refractivity contribution in [3.8, 4) is 5.75 Å². The van der Waals surface area contributed by atoms with Crippen LogP contribution in [0.3, 0.4) is 0 Å². The van der Waals surface area contributed by atoms with E-state index in [4.69, 9.17) is 20.0 Å². The quantitative estimate of drug-likeness (QED) is 0.860. The van der Waals surface area contributed by atoms with Crippen LogP contribution >= 0.6 is 0 Å². The minimum Gasteiger partial charge on any atom is -0.486 e. The molecule has 2 rings (SSSR count). The average Bonchev–Trinajstić information content (AvgIpc) is 2.52. The fourth-order valence-corrected chi connectivity index (χ4v) is 2.34. The first-order valence-electron chi connectivity index (χ1n) is 7.24. The van der Waals surface area contributed by atoms with Gasteiger partial charge in [0.25, 0.3) is 0 Å². The monoisotopic (exact) mass is 350 g/mol. The Morgan fingerprint density at radius 2 is 2.08 bits per heavy atom. The Morgan fingerprint density at radius 3 is 2.58 bits per heavy atom. The lowest BCUT2D eigenvalue weighted by Crippen LogP contribution is -2.38. The van der Waals surface area contributed by atoms with Crippen molar-refractivity contribution in [1.29, 1.82) is 0 Å². The molecule has 2 heterocycles. The van der Waals surface area contributed by atoms with Crippen LogP contribution in [0.2, 0.25) is 0 Å². The topological polar surface area (TPSA) is 106 Å². The second-order valence-corrected chi connectivity index (χ2v) is 5.55. The van der Waals surface area contributed by atoms with Crippen LogP contribution in [-0.2, 0) is 0 Å². The van der Waals surface area contributed by atoms with Crippen LogP contribution in [0.4, 0.5) is 18.0 Å². The molecular formula is C14H17F3N2O5. The smallest absolute Gasteiger partial charge is 0.410 e. The SMILES string of the molecule is NC(c1cc(=O)c(OCC2CCN(C(=O)O)CC2)co1)C(F)(F)F. The van der Waals surface area contributed by atoms with Crippen molar-refractivity contribution in [3.63, 3.8) is 0 Å². The maximum atomic E-state index is 12.5. The van der Waals surface area contributed by atoms with Crippen molar-refractivity contribution >= 4 is 6.09 Å². The minimum atomic E-state index is -4.71. The molecule has 1 unspecified atom stereocenters. The summed E-state index contributed by atoms with van der Waals surface area (Å²) in [5.41, 5.74) is 4.22. The first-order chi connectivity index (χ1) is 11.2. The van der Waals surface area contributed by atoms with E-state index in [0.717, 1.165) is 6.26 Å². The van der Waals surface area contributed by atoms with Gasteiger partial charge in [-0.25, -0.2) is 4.79 Å². The van der Waals surface area contributed by atoms with E-state index in [0.29, 0.717) is 32.0 Å². The number of hydrogen-bond acceptors (Lipinski definition) is 5. The van der Waals surface area contributed by atoms with E-state index in [1.54, 1.807) is 0 Å². The number of rotatable bonds is 4. The molecule has 1 atom stereocenters. The summed E-state index contributed by atoms with van der Waals surface area (Å²) in [7, 11) is 0. The summed E-state index contributed by atoms with van der Waals surface area (Å²) in [6, 6.07) is -1.71. The molecular weight excluding hydrogens is 333 g/mol.